The number of rotatable bonds is 9. The van der Waals surface area contributed by atoms with Crippen molar-refractivity contribution >= 4 is 23.6 Å². The quantitative estimate of drug-likeness (QED) is 0.507. The van der Waals surface area contributed by atoms with Gasteiger partial charge < -0.3 is 10.4 Å². The van der Waals surface area contributed by atoms with E-state index < -0.39 is 5.97 Å². The molecule has 0 aromatic heterocycles. The minimum absolute atomic E-state index is 0.0194. The van der Waals surface area contributed by atoms with E-state index in [9.17, 15) is 9.59 Å². The number of amides is 1. The number of hydrogen-bond acceptors (Lipinski definition) is 3. The molecule has 2 N–H and O–H groups in total. The van der Waals surface area contributed by atoms with Crippen molar-refractivity contribution in [2.24, 2.45) is 11.3 Å². The molecule has 1 rings (SSSR count). The number of aliphatic carboxylic acids is 1. The third kappa shape index (κ3) is 5.57. The molecule has 20 heavy (non-hydrogen) atoms. The van der Waals surface area contributed by atoms with Crippen molar-refractivity contribution in [1.82, 2.24) is 5.32 Å². The molecule has 1 fully saturated rings. The van der Waals surface area contributed by atoms with Crippen molar-refractivity contribution < 1.29 is 14.7 Å². The molecular weight excluding hydrogens is 274 g/mol. The number of allylic oxidation sites excluding steroid dienone is 1. The Morgan fingerprint density at radius 3 is 2.50 bits per heavy atom. The summed E-state index contributed by atoms with van der Waals surface area (Å²) in [7, 11) is 0. The monoisotopic (exact) mass is 299 g/mol. The normalized spacial score (nSPS) is 20.6. The molecule has 0 aliphatic heterocycles. The Morgan fingerprint density at radius 2 is 2.00 bits per heavy atom. The maximum atomic E-state index is 11.9. The Morgan fingerprint density at radius 1 is 1.35 bits per heavy atom. The van der Waals surface area contributed by atoms with E-state index in [1.807, 2.05) is 25.6 Å². The van der Waals surface area contributed by atoms with Gasteiger partial charge in [0.05, 0.1) is 0 Å². The molecule has 1 unspecified atom stereocenters. The molecule has 0 bridgehead atoms. The molecule has 1 atom stereocenters. The lowest BCUT2D eigenvalue weighted by Gasteiger charge is -2.07. The standard InChI is InChI=1S/C15H25NO3S/c1-15(2)10-11(15)13(17)16-12(14(18)19)8-6-4-5-7-9-20-3/h8,11H,4-7,9-10H2,1-3H3,(H,16,17)(H,18,19)/b12-8-. The number of carboxylic acid groups (broad SMARTS) is 1. The zero-order chi connectivity index (χ0) is 15.2. The number of carboxylic acids is 1. The van der Waals surface area contributed by atoms with Gasteiger partial charge in [-0.2, -0.15) is 11.8 Å². The van der Waals surface area contributed by atoms with Crippen LogP contribution in [0.15, 0.2) is 11.8 Å². The highest BCUT2D eigenvalue weighted by Gasteiger charge is 2.50. The summed E-state index contributed by atoms with van der Waals surface area (Å²) in [4.78, 5) is 23.0. The summed E-state index contributed by atoms with van der Waals surface area (Å²) >= 11 is 1.82. The fourth-order valence-electron chi connectivity index (χ4n) is 2.14. The van der Waals surface area contributed by atoms with Crippen molar-refractivity contribution in [2.75, 3.05) is 12.0 Å². The van der Waals surface area contributed by atoms with E-state index in [2.05, 4.69) is 11.6 Å². The Labute approximate surface area is 125 Å². The third-order valence-electron chi connectivity index (χ3n) is 3.72. The van der Waals surface area contributed by atoms with Crippen molar-refractivity contribution in [3.63, 3.8) is 0 Å². The molecule has 0 saturated heterocycles. The van der Waals surface area contributed by atoms with E-state index in [0.29, 0.717) is 6.42 Å². The van der Waals surface area contributed by atoms with Crippen LogP contribution >= 0.6 is 11.8 Å². The third-order valence-corrected chi connectivity index (χ3v) is 4.42. The number of hydrogen-bond donors (Lipinski definition) is 2. The first-order valence-corrected chi connectivity index (χ1v) is 8.51. The molecule has 0 aromatic carbocycles. The number of carbonyl (C=O) groups is 2. The minimum Gasteiger partial charge on any atom is -0.477 e. The van der Waals surface area contributed by atoms with Gasteiger partial charge in [0.2, 0.25) is 5.91 Å². The average Bonchev–Trinajstić information content (AvgIpc) is 3.01. The first-order chi connectivity index (χ1) is 9.38. The Balaban J connectivity index is 2.36. The van der Waals surface area contributed by atoms with Crippen molar-refractivity contribution in [3.05, 3.63) is 11.8 Å². The molecule has 1 aliphatic rings. The van der Waals surface area contributed by atoms with Gasteiger partial charge in [0.25, 0.3) is 0 Å². The van der Waals surface area contributed by atoms with Crippen LogP contribution in [-0.4, -0.2) is 29.0 Å². The molecule has 0 radical (unpaired) electrons. The van der Waals surface area contributed by atoms with Gasteiger partial charge in [-0.05, 0) is 43.1 Å². The second-order valence-electron chi connectivity index (χ2n) is 6.00. The molecule has 0 spiro atoms. The summed E-state index contributed by atoms with van der Waals surface area (Å²) in [6.45, 7) is 4.04. The summed E-state index contributed by atoms with van der Waals surface area (Å²) in [6.07, 6.45) is 8.45. The molecule has 4 nitrogen and oxygen atoms in total. The van der Waals surface area contributed by atoms with Gasteiger partial charge in [-0.25, -0.2) is 4.79 Å². The molecule has 1 aliphatic carbocycles. The van der Waals surface area contributed by atoms with E-state index in [-0.39, 0.29) is 22.9 Å². The number of nitrogens with one attached hydrogen (secondary N) is 1. The zero-order valence-electron chi connectivity index (χ0n) is 12.6. The van der Waals surface area contributed by atoms with Gasteiger partial charge in [0, 0.05) is 5.92 Å². The van der Waals surface area contributed by atoms with Crippen LogP contribution in [0, 0.1) is 11.3 Å². The second-order valence-corrected chi connectivity index (χ2v) is 6.99. The summed E-state index contributed by atoms with van der Waals surface area (Å²) in [6, 6.07) is 0. The van der Waals surface area contributed by atoms with E-state index in [0.717, 1.165) is 31.4 Å². The van der Waals surface area contributed by atoms with Crippen LogP contribution in [0.5, 0.6) is 0 Å². The van der Waals surface area contributed by atoms with Crippen LogP contribution in [0.3, 0.4) is 0 Å². The SMILES string of the molecule is CSCCCCC/C=C(\NC(=O)C1CC1(C)C)C(=O)O. The lowest BCUT2D eigenvalue weighted by atomic mass is 10.1. The maximum absolute atomic E-state index is 11.9. The predicted molar refractivity (Wildman–Crippen MR) is 82.6 cm³/mol. The lowest BCUT2D eigenvalue weighted by molar-refractivity contribution is -0.135. The van der Waals surface area contributed by atoms with Gasteiger partial charge in [0.15, 0.2) is 0 Å². The van der Waals surface area contributed by atoms with Crippen LogP contribution in [-0.2, 0) is 9.59 Å². The first-order valence-electron chi connectivity index (χ1n) is 7.11. The number of thioether (sulfide) groups is 1. The second kappa shape index (κ2) is 7.72. The van der Waals surface area contributed by atoms with Crippen LogP contribution < -0.4 is 5.32 Å². The molecule has 5 heteroatoms. The Hall–Kier alpha value is -0.970. The highest BCUT2D eigenvalue weighted by molar-refractivity contribution is 7.98. The van der Waals surface area contributed by atoms with Crippen LogP contribution in [0.1, 0.15) is 46.0 Å². The minimum atomic E-state index is -1.05. The number of carbonyl (C=O) groups excluding carboxylic acids is 1. The van der Waals surface area contributed by atoms with Crippen molar-refractivity contribution in [2.45, 2.75) is 46.0 Å². The summed E-state index contributed by atoms with van der Waals surface area (Å²) in [5, 5.41) is 11.7. The average molecular weight is 299 g/mol. The van der Waals surface area contributed by atoms with E-state index in [1.165, 1.54) is 0 Å². The largest absolute Gasteiger partial charge is 0.477 e. The maximum Gasteiger partial charge on any atom is 0.352 e. The van der Waals surface area contributed by atoms with Crippen LogP contribution in [0.25, 0.3) is 0 Å². The Kier molecular flexibility index (Phi) is 6.59. The predicted octanol–water partition coefficient (Wildman–Crippen LogP) is 3.04. The van der Waals surface area contributed by atoms with Crippen LogP contribution in [0.4, 0.5) is 0 Å². The summed E-state index contributed by atoms with van der Waals surface area (Å²) < 4.78 is 0. The number of unbranched alkanes of at least 4 members (excludes halogenated alkanes) is 3. The Bertz CT molecular complexity index is 391. The molecule has 1 amide bonds. The van der Waals surface area contributed by atoms with Gasteiger partial charge in [-0.1, -0.05) is 26.3 Å². The van der Waals surface area contributed by atoms with E-state index in [1.54, 1.807) is 6.08 Å². The first kappa shape index (κ1) is 17.1. The van der Waals surface area contributed by atoms with E-state index >= 15 is 0 Å². The summed E-state index contributed by atoms with van der Waals surface area (Å²) in [5.74, 6) is -0.123. The zero-order valence-corrected chi connectivity index (χ0v) is 13.4. The molecule has 0 aromatic rings. The molecule has 114 valence electrons. The molecule has 1 saturated carbocycles. The summed E-state index contributed by atoms with van der Waals surface area (Å²) in [5.41, 5.74) is 0.0495. The highest BCUT2D eigenvalue weighted by Crippen LogP contribution is 2.51. The lowest BCUT2D eigenvalue weighted by Crippen LogP contribution is -2.29. The van der Waals surface area contributed by atoms with Gasteiger partial charge in [-0.15, -0.1) is 0 Å². The molecule has 0 heterocycles. The fraction of sp³-hybridized carbons (Fsp3) is 0.733. The van der Waals surface area contributed by atoms with Gasteiger partial charge >= 0.3 is 5.97 Å². The van der Waals surface area contributed by atoms with Gasteiger partial charge in [0.1, 0.15) is 5.70 Å². The topological polar surface area (TPSA) is 66.4 Å². The van der Waals surface area contributed by atoms with Crippen molar-refractivity contribution in [1.29, 1.82) is 0 Å². The van der Waals surface area contributed by atoms with Crippen LogP contribution in [0.2, 0.25) is 0 Å². The van der Waals surface area contributed by atoms with Crippen molar-refractivity contribution in [3.8, 4) is 0 Å². The highest BCUT2D eigenvalue weighted by atomic mass is 32.2. The molecular formula is C15H25NO3S. The smallest absolute Gasteiger partial charge is 0.352 e. The van der Waals surface area contributed by atoms with E-state index in [4.69, 9.17) is 5.11 Å². The fourth-order valence-corrected chi connectivity index (χ4v) is 2.63. The van der Waals surface area contributed by atoms with Gasteiger partial charge in [-0.3, -0.25) is 4.79 Å².